The fourth-order valence-electron chi connectivity index (χ4n) is 3.60. The summed E-state index contributed by atoms with van der Waals surface area (Å²) in [5.74, 6) is -2.45. The van der Waals surface area contributed by atoms with Crippen molar-refractivity contribution in [2.75, 3.05) is 11.5 Å². The summed E-state index contributed by atoms with van der Waals surface area (Å²) in [4.78, 5) is 37.4. The van der Waals surface area contributed by atoms with Crippen LogP contribution in [0.4, 0.5) is 11.4 Å². The molecule has 33 heavy (non-hydrogen) atoms. The van der Waals surface area contributed by atoms with Crippen molar-refractivity contribution >= 4 is 29.0 Å². The zero-order valence-electron chi connectivity index (χ0n) is 18.6. The van der Waals surface area contributed by atoms with Crippen molar-refractivity contribution < 1.29 is 24.4 Å². The maximum atomic E-state index is 13.1. The molecule has 9 nitrogen and oxygen atoms in total. The molecule has 9 heteroatoms. The van der Waals surface area contributed by atoms with Crippen LogP contribution in [0.3, 0.4) is 0 Å². The van der Waals surface area contributed by atoms with E-state index in [0.717, 1.165) is 22.1 Å². The zero-order valence-corrected chi connectivity index (χ0v) is 18.6. The van der Waals surface area contributed by atoms with Crippen LogP contribution < -0.4 is 4.90 Å². The molecule has 1 aliphatic rings. The van der Waals surface area contributed by atoms with E-state index in [2.05, 4.69) is 0 Å². The van der Waals surface area contributed by atoms with Crippen LogP contribution in [0, 0.1) is 36.3 Å². The number of hydrogen-bond acceptors (Lipinski definition) is 7. The third-order valence-electron chi connectivity index (χ3n) is 5.22. The Balaban J connectivity index is 2.21. The number of esters is 1. The third-order valence-corrected chi connectivity index (χ3v) is 5.22. The van der Waals surface area contributed by atoms with E-state index in [1.54, 1.807) is 32.9 Å². The molecule has 2 aromatic rings. The second kappa shape index (κ2) is 9.07. The maximum absolute atomic E-state index is 13.1. The van der Waals surface area contributed by atoms with Gasteiger partial charge in [0.15, 0.2) is 11.5 Å². The van der Waals surface area contributed by atoms with Gasteiger partial charge < -0.3 is 9.84 Å². The lowest BCUT2D eigenvalue weighted by Crippen LogP contribution is -2.28. The molecule has 0 unspecified atom stereocenters. The van der Waals surface area contributed by atoms with Gasteiger partial charge >= 0.3 is 5.97 Å². The zero-order chi connectivity index (χ0) is 24.4. The van der Waals surface area contributed by atoms with Gasteiger partial charge in [-0.2, -0.15) is 0 Å². The number of nitrogens with zero attached hydrogens (tertiary/aromatic N) is 2. The molecule has 0 bridgehead atoms. The van der Waals surface area contributed by atoms with Gasteiger partial charge in [-0.05, 0) is 38.8 Å². The number of benzene rings is 2. The number of nitrogens with one attached hydrogen (secondary N) is 1. The summed E-state index contributed by atoms with van der Waals surface area (Å²) < 4.78 is 4.97. The van der Waals surface area contributed by atoms with Gasteiger partial charge in [-0.1, -0.05) is 29.8 Å². The molecule has 0 aliphatic carbocycles. The molecule has 0 saturated heterocycles. The predicted octanol–water partition coefficient (Wildman–Crippen LogP) is 4.46. The van der Waals surface area contributed by atoms with Crippen molar-refractivity contribution in [1.29, 1.82) is 5.41 Å². The molecule has 2 N–H and O–H groups in total. The molecule has 0 amide bonds. The number of non-ortho nitro benzene ring substituents is 1. The Morgan fingerprint density at radius 1 is 1.15 bits per heavy atom. The van der Waals surface area contributed by atoms with Gasteiger partial charge in [-0.15, -0.1) is 0 Å². The summed E-state index contributed by atoms with van der Waals surface area (Å²) in [5, 5.41) is 30.7. The number of aliphatic hydroxyl groups excluding tert-OH is 1. The molecule has 1 heterocycles. The average molecular weight is 449 g/mol. The van der Waals surface area contributed by atoms with Crippen LogP contribution in [0.25, 0.3) is 0 Å². The van der Waals surface area contributed by atoms with Gasteiger partial charge in [0, 0.05) is 23.8 Å². The SMILES string of the molecule is CCOC(=O)C1=C(O)/C(=C\C(=O)c2ccc(C)cc2C)N(c2cc([N+](=O)[O-])ccc2C)C1=N. The lowest BCUT2D eigenvalue weighted by Gasteiger charge is -2.22. The molecular weight excluding hydrogens is 426 g/mol. The van der Waals surface area contributed by atoms with E-state index in [9.17, 15) is 24.8 Å². The fourth-order valence-corrected chi connectivity index (χ4v) is 3.60. The van der Waals surface area contributed by atoms with Crippen LogP contribution in [0.1, 0.15) is 34.0 Å². The number of ether oxygens (including phenoxy) is 1. The molecule has 0 atom stereocenters. The van der Waals surface area contributed by atoms with Gasteiger partial charge in [0.2, 0.25) is 0 Å². The molecule has 0 radical (unpaired) electrons. The number of nitro groups is 1. The van der Waals surface area contributed by atoms with E-state index in [-0.39, 0.29) is 23.7 Å². The number of rotatable bonds is 6. The molecule has 0 saturated carbocycles. The average Bonchev–Trinajstić information content (AvgIpc) is 2.97. The number of aliphatic hydroxyl groups is 1. The van der Waals surface area contributed by atoms with Crippen molar-refractivity contribution in [3.63, 3.8) is 0 Å². The van der Waals surface area contributed by atoms with Gasteiger partial charge in [0.25, 0.3) is 5.69 Å². The van der Waals surface area contributed by atoms with Crippen LogP contribution >= 0.6 is 0 Å². The Hall–Kier alpha value is -4.27. The van der Waals surface area contributed by atoms with Gasteiger partial charge in [-0.25, -0.2) is 4.79 Å². The maximum Gasteiger partial charge on any atom is 0.345 e. The quantitative estimate of drug-likeness (QED) is 0.219. The lowest BCUT2D eigenvalue weighted by molar-refractivity contribution is -0.384. The highest BCUT2D eigenvalue weighted by molar-refractivity contribution is 6.29. The topological polar surface area (TPSA) is 134 Å². The summed E-state index contributed by atoms with van der Waals surface area (Å²) >= 11 is 0. The van der Waals surface area contributed by atoms with Crippen molar-refractivity contribution in [3.8, 4) is 0 Å². The van der Waals surface area contributed by atoms with E-state index in [4.69, 9.17) is 10.1 Å². The van der Waals surface area contributed by atoms with Crippen LogP contribution in [0.5, 0.6) is 0 Å². The largest absolute Gasteiger partial charge is 0.505 e. The first kappa shape index (κ1) is 23.4. The summed E-state index contributed by atoms with van der Waals surface area (Å²) in [7, 11) is 0. The number of aryl methyl sites for hydroxylation is 3. The van der Waals surface area contributed by atoms with Crippen molar-refractivity contribution in [2.45, 2.75) is 27.7 Å². The fraction of sp³-hybridized carbons (Fsp3) is 0.208. The minimum atomic E-state index is -0.935. The Labute approximate surface area is 190 Å². The summed E-state index contributed by atoms with van der Waals surface area (Å²) in [6.07, 6.45) is 1.12. The van der Waals surface area contributed by atoms with Crippen LogP contribution in [0.2, 0.25) is 0 Å². The Morgan fingerprint density at radius 3 is 2.45 bits per heavy atom. The molecule has 0 aromatic heterocycles. The van der Waals surface area contributed by atoms with Crippen LogP contribution in [0.15, 0.2) is 59.5 Å². The first-order valence-corrected chi connectivity index (χ1v) is 10.1. The first-order valence-electron chi connectivity index (χ1n) is 10.1. The summed E-state index contributed by atoms with van der Waals surface area (Å²) in [6.45, 7) is 6.92. The smallest absolute Gasteiger partial charge is 0.345 e. The minimum absolute atomic E-state index is 0.0132. The second-order valence-corrected chi connectivity index (χ2v) is 7.57. The van der Waals surface area contributed by atoms with Crippen molar-refractivity contribution in [1.82, 2.24) is 0 Å². The highest BCUT2D eigenvalue weighted by atomic mass is 16.6. The highest BCUT2D eigenvalue weighted by Crippen LogP contribution is 2.37. The van der Waals surface area contributed by atoms with E-state index in [0.29, 0.717) is 11.1 Å². The van der Waals surface area contributed by atoms with Gasteiger partial charge in [0.05, 0.1) is 22.9 Å². The third kappa shape index (κ3) is 4.38. The number of anilines is 1. The number of nitro benzene ring substituents is 1. The predicted molar refractivity (Wildman–Crippen MR) is 123 cm³/mol. The molecule has 2 aromatic carbocycles. The molecule has 3 rings (SSSR count). The van der Waals surface area contributed by atoms with E-state index >= 15 is 0 Å². The monoisotopic (exact) mass is 449 g/mol. The number of carbonyl (C=O) groups is 2. The normalized spacial score (nSPS) is 14.7. The minimum Gasteiger partial charge on any atom is -0.505 e. The standard InChI is InChI=1S/C24H23N3O6/c1-5-33-24(30)21-22(29)19(12-20(28)17-9-6-13(2)10-15(17)4)26(23(21)25)18-11-16(27(31)32)8-7-14(18)3/h6-12,25,29H,5H2,1-4H3/b19-12+,25-23?. The van der Waals surface area contributed by atoms with Crippen molar-refractivity contribution in [3.05, 3.63) is 91.9 Å². The number of allylic oxidation sites excluding steroid dienone is 1. The van der Waals surface area contributed by atoms with Crippen LogP contribution in [-0.2, 0) is 9.53 Å². The molecule has 0 spiro atoms. The second-order valence-electron chi connectivity index (χ2n) is 7.57. The summed E-state index contributed by atoms with van der Waals surface area (Å²) in [5.41, 5.74) is 1.98. The number of ketones is 1. The Kier molecular flexibility index (Phi) is 6.43. The first-order chi connectivity index (χ1) is 15.6. The van der Waals surface area contributed by atoms with E-state index in [1.807, 2.05) is 13.0 Å². The van der Waals surface area contributed by atoms with E-state index < -0.39 is 33.8 Å². The number of amidine groups is 1. The summed E-state index contributed by atoms with van der Waals surface area (Å²) in [6, 6.07) is 9.29. The van der Waals surface area contributed by atoms with Crippen LogP contribution in [-0.4, -0.2) is 34.2 Å². The Bertz CT molecular complexity index is 1260. The lowest BCUT2D eigenvalue weighted by atomic mass is 10.0. The van der Waals surface area contributed by atoms with Gasteiger partial charge in [-0.3, -0.25) is 25.2 Å². The van der Waals surface area contributed by atoms with E-state index in [1.165, 1.54) is 18.2 Å². The van der Waals surface area contributed by atoms with Gasteiger partial charge in [0.1, 0.15) is 11.4 Å². The highest BCUT2D eigenvalue weighted by Gasteiger charge is 2.39. The van der Waals surface area contributed by atoms with Crippen molar-refractivity contribution in [2.24, 2.45) is 0 Å². The molecular formula is C24H23N3O6. The molecule has 0 fully saturated rings. The molecule has 1 aliphatic heterocycles. The Morgan fingerprint density at radius 2 is 1.85 bits per heavy atom. The number of hydrogen-bond donors (Lipinski definition) is 2. The molecule has 170 valence electrons. The number of carbonyl (C=O) groups excluding carboxylic acids is 2.